The summed E-state index contributed by atoms with van der Waals surface area (Å²) < 4.78 is 11.8. The van der Waals surface area contributed by atoms with Crippen LogP contribution < -0.4 is 0 Å². The van der Waals surface area contributed by atoms with E-state index < -0.39 is 0 Å². The third-order valence-electron chi connectivity index (χ3n) is 2.67. The zero-order valence-electron chi connectivity index (χ0n) is 10.8. The SMILES string of the molecule is COC(=O)c1ccnn1CCOCc1ccccc1. The minimum absolute atomic E-state index is 0.388. The molecule has 0 saturated heterocycles. The van der Waals surface area contributed by atoms with Crippen LogP contribution in [0.3, 0.4) is 0 Å². The predicted molar refractivity (Wildman–Crippen MR) is 69.7 cm³/mol. The summed E-state index contributed by atoms with van der Waals surface area (Å²) in [6, 6.07) is 11.6. The summed E-state index contributed by atoms with van der Waals surface area (Å²) in [4.78, 5) is 11.4. The molecule has 5 heteroatoms. The number of methoxy groups -OCH3 is 1. The molecule has 100 valence electrons. The Balaban J connectivity index is 1.80. The second-order valence-corrected chi connectivity index (χ2v) is 3.97. The highest BCUT2D eigenvalue weighted by molar-refractivity contribution is 5.87. The molecule has 1 heterocycles. The van der Waals surface area contributed by atoms with E-state index in [1.807, 2.05) is 30.3 Å². The third kappa shape index (κ3) is 3.66. The van der Waals surface area contributed by atoms with Crippen molar-refractivity contribution in [2.75, 3.05) is 13.7 Å². The molecule has 0 aliphatic carbocycles. The van der Waals surface area contributed by atoms with Crippen LogP contribution in [0, 0.1) is 0 Å². The Morgan fingerprint density at radius 2 is 2.05 bits per heavy atom. The maximum absolute atomic E-state index is 11.4. The second-order valence-electron chi connectivity index (χ2n) is 3.97. The third-order valence-corrected chi connectivity index (χ3v) is 2.67. The van der Waals surface area contributed by atoms with Gasteiger partial charge in [0.2, 0.25) is 0 Å². The van der Waals surface area contributed by atoms with Crippen molar-refractivity contribution in [3.05, 3.63) is 53.9 Å². The van der Waals surface area contributed by atoms with Gasteiger partial charge in [-0.05, 0) is 11.6 Å². The van der Waals surface area contributed by atoms with E-state index in [0.29, 0.717) is 25.5 Å². The van der Waals surface area contributed by atoms with Crippen molar-refractivity contribution < 1.29 is 14.3 Å². The van der Waals surface area contributed by atoms with Gasteiger partial charge < -0.3 is 9.47 Å². The summed E-state index contributed by atoms with van der Waals surface area (Å²) in [6.07, 6.45) is 1.57. The standard InChI is InChI=1S/C14H16N2O3/c1-18-14(17)13-7-8-15-16(13)9-10-19-11-12-5-3-2-4-6-12/h2-8H,9-11H2,1H3. The highest BCUT2D eigenvalue weighted by atomic mass is 16.5. The molecule has 19 heavy (non-hydrogen) atoms. The zero-order valence-corrected chi connectivity index (χ0v) is 10.8. The van der Waals surface area contributed by atoms with E-state index in [9.17, 15) is 4.79 Å². The highest BCUT2D eigenvalue weighted by Gasteiger charge is 2.11. The number of rotatable bonds is 6. The van der Waals surface area contributed by atoms with Crippen molar-refractivity contribution in [1.29, 1.82) is 0 Å². The van der Waals surface area contributed by atoms with Gasteiger partial charge in [0, 0.05) is 6.20 Å². The number of aromatic nitrogens is 2. The van der Waals surface area contributed by atoms with Gasteiger partial charge in [-0.2, -0.15) is 5.10 Å². The number of carbonyl (C=O) groups is 1. The first kappa shape index (κ1) is 13.3. The Morgan fingerprint density at radius 1 is 1.26 bits per heavy atom. The minimum atomic E-state index is -0.388. The van der Waals surface area contributed by atoms with Crippen LogP contribution in [-0.2, 0) is 22.6 Å². The van der Waals surface area contributed by atoms with Crippen LogP contribution in [0.5, 0.6) is 0 Å². The lowest BCUT2D eigenvalue weighted by molar-refractivity contribution is 0.0579. The first-order valence-corrected chi connectivity index (χ1v) is 6.03. The first-order chi connectivity index (χ1) is 9.31. The molecular weight excluding hydrogens is 244 g/mol. The summed E-state index contributed by atoms with van der Waals surface area (Å²) in [6.45, 7) is 1.56. The molecule has 0 spiro atoms. The van der Waals surface area contributed by atoms with Crippen LogP contribution in [0.25, 0.3) is 0 Å². The lowest BCUT2D eigenvalue weighted by Gasteiger charge is -2.07. The molecule has 2 rings (SSSR count). The number of carbonyl (C=O) groups excluding carboxylic acids is 1. The molecule has 0 aliphatic heterocycles. The van der Waals surface area contributed by atoms with Gasteiger partial charge in [0.05, 0.1) is 26.9 Å². The van der Waals surface area contributed by atoms with Gasteiger partial charge in [0.1, 0.15) is 5.69 Å². The number of ether oxygens (including phenoxy) is 2. The van der Waals surface area contributed by atoms with Crippen LogP contribution in [0.2, 0.25) is 0 Å². The molecule has 5 nitrogen and oxygen atoms in total. The Morgan fingerprint density at radius 3 is 2.79 bits per heavy atom. The lowest BCUT2D eigenvalue weighted by Crippen LogP contribution is -2.15. The van der Waals surface area contributed by atoms with Crippen LogP contribution in [-0.4, -0.2) is 29.5 Å². The van der Waals surface area contributed by atoms with E-state index in [-0.39, 0.29) is 5.97 Å². The second kappa shape index (κ2) is 6.70. The minimum Gasteiger partial charge on any atom is -0.464 e. The smallest absolute Gasteiger partial charge is 0.356 e. The van der Waals surface area contributed by atoms with Gasteiger partial charge in [-0.3, -0.25) is 4.68 Å². The topological polar surface area (TPSA) is 53.3 Å². The van der Waals surface area contributed by atoms with Crippen molar-refractivity contribution in [3.63, 3.8) is 0 Å². The van der Waals surface area contributed by atoms with Crippen LogP contribution >= 0.6 is 0 Å². The number of hydrogen-bond acceptors (Lipinski definition) is 4. The molecule has 0 atom stereocenters. The van der Waals surface area contributed by atoms with Gasteiger partial charge in [-0.25, -0.2) is 4.79 Å². The summed E-state index contributed by atoms with van der Waals surface area (Å²) in [7, 11) is 1.35. The van der Waals surface area contributed by atoms with Crippen molar-refractivity contribution in [2.24, 2.45) is 0 Å². The molecule has 0 radical (unpaired) electrons. The summed E-state index contributed by atoms with van der Waals surface area (Å²) >= 11 is 0. The van der Waals surface area contributed by atoms with Crippen LogP contribution in [0.4, 0.5) is 0 Å². The molecule has 0 fully saturated rings. The van der Waals surface area contributed by atoms with Crippen molar-refractivity contribution in [2.45, 2.75) is 13.2 Å². The molecule has 0 bridgehead atoms. The van der Waals surface area contributed by atoms with Gasteiger partial charge >= 0.3 is 5.97 Å². The van der Waals surface area contributed by atoms with E-state index in [4.69, 9.17) is 4.74 Å². The van der Waals surface area contributed by atoms with E-state index in [1.165, 1.54) is 7.11 Å². The molecule has 0 amide bonds. The Kier molecular flexibility index (Phi) is 4.69. The first-order valence-electron chi connectivity index (χ1n) is 6.03. The van der Waals surface area contributed by atoms with Crippen LogP contribution in [0.1, 0.15) is 16.1 Å². The predicted octanol–water partition coefficient (Wildman–Crippen LogP) is 1.89. The normalized spacial score (nSPS) is 10.4. The molecule has 1 aromatic heterocycles. The van der Waals surface area contributed by atoms with E-state index in [0.717, 1.165) is 5.56 Å². The molecular formula is C14H16N2O3. The number of nitrogens with zero attached hydrogens (tertiary/aromatic N) is 2. The monoisotopic (exact) mass is 260 g/mol. The fourth-order valence-corrected chi connectivity index (χ4v) is 1.70. The van der Waals surface area contributed by atoms with Gasteiger partial charge in [-0.15, -0.1) is 0 Å². The van der Waals surface area contributed by atoms with Gasteiger partial charge in [0.25, 0.3) is 0 Å². The van der Waals surface area contributed by atoms with E-state index >= 15 is 0 Å². The molecule has 1 aromatic carbocycles. The molecule has 2 aromatic rings. The number of esters is 1. The lowest BCUT2D eigenvalue weighted by atomic mass is 10.2. The van der Waals surface area contributed by atoms with Crippen molar-refractivity contribution >= 4 is 5.97 Å². The molecule has 0 aliphatic rings. The molecule has 0 saturated carbocycles. The average Bonchev–Trinajstić information content (AvgIpc) is 2.92. The Hall–Kier alpha value is -2.14. The van der Waals surface area contributed by atoms with E-state index in [2.05, 4.69) is 9.84 Å². The Labute approximate surface area is 111 Å². The average molecular weight is 260 g/mol. The van der Waals surface area contributed by atoms with Crippen molar-refractivity contribution in [1.82, 2.24) is 9.78 Å². The fourth-order valence-electron chi connectivity index (χ4n) is 1.70. The molecule has 0 unspecified atom stereocenters. The summed E-state index contributed by atoms with van der Waals surface area (Å²) in [5.74, 6) is -0.388. The van der Waals surface area contributed by atoms with Gasteiger partial charge in [-0.1, -0.05) is 30.3 Å². The summed E-state index contributed by atoms with van der Waals surface area (Å²) in [5.41, 5.74) is 1.56. The number of benzene rings is 1. The fraction of sp³-hybridized carbons (Fsp3) is 0.286. The largest absolute Gasteiger partial charge is 0.464 e. The maximum Gasteiger partial charge on any atom is 0.356 e. The zero-order chi connectivity index (χ0) is 13.5. The quantitative estimate of drug-likeness (QED) is 0.588. The summed E-state index contributed by atoms with van der Waals surface area (Å²) in [5, 5.41) is 4.07. The van der Waals surface area contributed by atoms with E-state index in [1.54, 1.807) is 16.9 Å². The maximum atomic E-state index is 11.4. The molecule has 0 N–H and O–H groups in total. The highest BCUT2D eigenvalue weighted by Crippen LogP contribution is 2.03. The van der Waals surface area contributed by atoms with Crippen LogP contribution in [0.15, 0.2) is 42.6 Å². The van der Waals surface area contributed by atoms with Gasteiger partial charge in [0.15, 0.2) is 0 Å². The number of hydrogen-bond donors (Lipinski definition) is 0. The van der Waals surface area contributed by atoms with Crippen molar-refractivity contribution in [3.8, 4) is 0 Å². The Bertz CT molecular complexity index is 522.